The maximum Gasteiger partial charge on any atom is 0.273 e. The van der Waals surface area contributed by atoms with Gasteiger partial charge in [-0.2, -0.15) is 0 Å². The molecule has 0 radical (unpaired) electrons. The van der Waals surface area contributed by atoms with Crippen LogP contribution in [-0.2, 0) is 4.79 Å². The van der Waals surface area contributed by atoms with Crippen molar-refractivity contribution in [3.05, 3.63) is 29.8 Å². The van der Waals surface area contributed by atoms with Crippen LogP contribution >= 0.6 is 0 Å². The van der Waals surface area contributed by atoms with Crippen molar-refractivity contribution in [2.24, 2.45) is 5.84 Å². The van der Waals surface area contributed by atoms with Crippen molar-refractivity contribution < 1.29 is 9.90 Å². The Labute approximate surface area is 102 Å². The molecule has 0 fully saturated rings. The number of benzene rings is 1. The fourth-order valence-electron chi connectivity index (χ4n) is 1.60. The number of carbonyl (C=O) groups is 1. The Morgan fingerprint density at radius 3 is 2.18 bits per heavy atom. The molecule has 0 bridgehead atoms. The standard InChI is InChI=1S/C13H20N2O2/c1-4-13(17,5-2)12(16)15(14)11-8-6-10(3)7-9-11/h6-9,17H,4-5,14H2,1-3H3. The molecule has 4 nitrogen and oxygen atoms in total. The number of hydrogen-bond acceptors (Lipinski definition) is 3. The van der Waals surface area contributed by atoms with Crippen LogP contribution in [0.5, 0.6) is 0 Å². The molecule has 0 atom stereocenters. The van der Waals surface area contributed by atoms with E-state index in [2.05, 4.69) is 0 Å². The Kier molecular flexibility index (Phi) is 4.26. The van der Waals surface area contributed by atoms with E-state index >= 15 is 0 Å². The minimum Gasteiger partial charge on any atom is -0.380 e. The van der Waals surface area contributed by atoms with Crippen LogP contribution < -0.4 is 10.9 Å². The highest BCUT2D eigenvalue weighted by Gasteiger charge is 2.35. The zero-order valence-electron chi connectivity index (χ0n) is 10.6. The van der Waals surface area contributed by atoms with Crippen molar-refractivity contribution in [1.82, 2.24) is 0 Å². The summed E-state index contributed by atoms with van der Waals surface area (Å²) in [5.74, 6) is 5.28. The van der Waals surface area contributed by atoms with Crippen LogP contribution in [0.3, 0.4) is 0 Å². The van der Waals surface area contributed by atoms with Gasteiger partial charge in [0.25, 0.3) is 5.91 Å². The Bertz CT molecular complexity index is 383. The molecule has 0 aliphatic heterocycles. The lowest BCUT2D eigenvalue weighted by atomic mass is 9.96. The van der Waals surface area contributed by atoms with Crippen molar-refractivity contribution in [1.29, 1.82) is 0 Å². The molecule has 0 spiro atoms. The Balaban J connectivity index is 2.93. The van der Waals surface area contributed by atoms with Crippen molar-refractivity contribution in [2.75, 3.05) is 5.01 Å². The molecule has 0 aromatic heterocycles. The first-order chi connectivity index (χ1) is 7.94. The lowest BCUT2D eigenvalue weighted by Gasteiger charge is -2.29. The minimum absolute atomic E-state index is 0.349. The number of nitrogens with zero attached hydrogens (tertiary/aromatic N) is 1. The van der Waals surface area contributed by atoms with Crippen LogP contribution in [0.2, 0.25) is 0 Å². The Morgan fingerprint density at radius 1 is 1.29 bits per heavy atom. The third-order valence-electron chi connectivity index (χ3n) is 3.10. The summed E-state index contributed by atoms with van der Waals surface area (Å²) in [5.41, 5.74) is 0.302. The van der Waals surface area contributed by atoms with Gasteiger partial charge in [-0.25, -0.2) is 10.9 Å². The molecule has 1 amide bonds. The average molecular weight is 236 g/mol. The van der Waals surface area contributed by atoms with E-state index < -0.39 is 11.5 Å². The summed E-state index contributed by atoms with van der Waals surface area (Å²) in [5, 5.41) is 11.1. The van der Waals surface area contributed by atoms with E-state index in [0.717, 1.165) is 10.6 Å². The van der Waals surface area contributed by atoms with E-state index in [1.165, 1.54) is 0 Å². The molecule has 0 aliphatic carbocycles. The third kappa shape index (κ3) is 2.84. The molecule has 0 unspecified atom stereocenters. The summed E-state index contributed by atoms with van der Waals surface area (Å²) in [4.78, 5) is 12.1. The second-order valence-corrected chi connectivity index (χ2v) is 4.25. The van der Waals surface area contributed by atoms with E-state index in [9.17, 15) is 9.90 Å². The number of rotatable bonds is 4. The average Bonchev–Trinajstić information content (AvgIpc) is 2.37. The maximum absolute atomic E-state index is 12.1. The van der Waals surface area contributed by atoms with Crippen molar-refractivity contribution in [3.63, 3.8) is 0 Å². The number of hydrogen-bond donors (Lipinski definition) is 2. The third-order valence-corrected chi connectivity index (χ3v) is 3.10. The quantitative estimate of drug-likeness (QED) is 0.475. The zero-order chi connectivity index (χ0) is 13.1. The van der Waals surface area contributed by atoms with Crippen LogP contribution in [-0.4, -0.2) is 16.6 Å². The lowest BCUT2D eigenvalue weighted by molar-refractivity contribution is -0.137. The highest BCUT2D eigenvalue weighted by molar-refractivity contribution is 5.98. The molecule has 0 saturated carbocycles. The van der Waals surface area contributed by atoms with Gasteiger partial charge in [0, 0.05) is 0 Å². The van der Waals surface area contributed by atoms with Crippen molar-refractivity contribution in [3.8, 4) is 0 Å². The van der Waals surface area contributed by atoms with Crippen LogP contribution in [0.1, 0.15) is 32.3 Å². The zero-order valence-corrected chi connectivity index (χ0v) is 10.6. The van der Waals surface area contributed by atoms with Crippen LogP contribution in [0, 0.1) is 6.92 Å². The van der Waals surface area contributed by atoms with Gasteiger partial charge in [-0.05, 0) is 31.9 Å². The normalized spacial score (nSPS) is 11.4. The summed E-state index contributed by atoms with van der Waals surface area (Å²) in [7, 11) is 0. The Hall–Kier alpha value is -1.39. The first-order valence-corrected chi connectivity index (χ1v) is 5.83. The van der Waals surface area contributed by atoms with Gasteiger partial charge in [-0.1, -0.05) is 31.5 Å². The number of nitrogens with two attached hydrogens (primary N) is 1. The Morgan fingerprint density at radius 2 is 1.76 bits per heavy atom. The fraction of sp³-hybridized carbons (Fsp3) is 0.462. The van der Waals surface area contributed by atoms with E-state index in [1.807, 2.05) is 19.1 Å². The van der Waals surface area contributed by atoms with Gasteiger partial charge in [0.05, 0.1) is 5.69 Å². The van der Waals surface area contributed by atoms with E-state index in [0.29, 0.717) is 18.5 Å². The predicted molar refractivity (Wildman–Crippen MR) is 68.4 cm³/mol. The van der Waals surface area contributed by atoms with Gasteiger partial charge in [0.15, 0.2) is 0 Å². The number of amides is 1. The second kappa shape index (κ2) is 5.29. The predicted octanol–water partition coefficient (Wildman–Crippen LogP) is 1.75. The van der Waals surface area contributed by atoms with Crippen molar-refractivity contribution in [2.45, 2.75) is 39.2 Å². The molecular formula is C13H20N2O2. The molecule has 1 aromatic rings. The molecule has 0 aliphatic rings. The van der Waals surface area contributed by atoms with Gasteiger partial charge in [0.1, 0.15) is 5.60 Å². The fourth-order valence-corrected chi connectivity index (χ4v) is 1.60. The van der Waals surface area contributed by atoms with Gasteiger partial charge < -0.3 is 5.11 Å². The number of aliphatic hydroxyl groups is 1. The topological polar surface area (TPSA) is 66.6 Å². The van der Waals surface area contributed by atoms with Gasteiger partial charge >= 0.3 is 0 Å². The summed E-state index contributed by atoms with van der Waals surface area (Å²) >= 11 is 0. The number of carbonyl (C=O) groups excluding carboxylic acids is 1. The van der Waals surface area contributed by atoms with E-state index in [1.54, 1.807) is 26.0 Å². The number of anilines is 1. The monoisotopic (exact) mass is 236 g/mol. The van der Waals surface area contributed by atoms with E-state index in [4.69, 9.17) is 5.84 Å². The maximum atomic E-state index is 12.1. The number of aryl methyl sites for hydroxylation is 1. The molecule has 0 saturated heterocycles. The van der Waals surface area contributed by atoms with Crippen LogP contribution in [0.25, 0.3) is 0 Å². The molecule has 17 heavy (non-hydrogen) atoms. The first kappa shape index (κ1) is 13.7. The number of hydrazine groups is 1. The smallest absolute Gasteiger partial charge is 0.273 e. The highest BCUT2D eigenvalue weighted by atomic mass is 16.3. The SMILES string of the molecule is CCC(O)(CC)C(=O)N(N)c1ccc(C)cc1. The molecule has 3 N–H and O–H groups in total. The summed E-state index contributed by atoms with van der Waals surface area (Å²) in [6.45, 7) is 5.50. The van der Waals surface area contributed by atoms with Gasteiger partial charge in [-0.3, -0.25) is 4.79 Å². The van der Waals surface area contributed by atoms with Gasteiger partial charge in [-0.15, -0.1) is 0 Å². The summed E-state index contributed by atoms with van der Waals surface area (Å²) in [6, 6.07) is 7.27. The summed E-state index contributed by atoms with van der Waals surface area (Å²) in [6.07, 6.45) is 0.698. The lowest BCUT2D eigenvalue weighted by Crippen LogP contribution is -2.51. The second-order valence-electron chi connectivity index (χ2n) is 4.25. The largest absolute Gasteiger partial charge is 0.380 e. The molecule has 1 rings (SSSR count). The van der Waals surface area contributed by atoms with Crippen LogP contribution in [0.4, 0.5) is 5.69 Å². The van der Waals surface area contributed by atoms with Gasteiger partial charge in [0.2, 0.25) is 0 Å². The van der Waals surface area contributed by atoms with E-state index in [-0.39, 0.29) is 0 Å². The van der Waals surface area contributed by atoms with Crippen molar-refractivity contribution >= 4 is 11.6 Å². The molecule has 94 valence electrons. The van der Waals surface area contributed by atoms with Crippen LogP contribution in [0.15, 0.2) is 24.3 Å². The molecule has 4 heteroatoms. The molecule has 1 aromatic carbocycles. The first-order valence-electron chi connectivity index (χ1n) is 5.83. The highest BCUT2D eigenvalue weighted by Crippen LogP contribution is 2.21. The molecular weight excluding hydrogens is 216 g/mol. The summed E-state index contributed by atoms with van der Waals surface area (Å²) < 4.78 is 0. The minimum atomic E-state index is -1.38. The molecule has 0 heterocycles.